The standard InChI is InChI=1S/C25H26Cl2N2O4S/c1-25(2,3)11-10-16-14-20(21(34-16)24(32)33)29(19-7-5-6-12-28(4)23(19)31)22(30)17-9-8-15(26)13-18(17)27/h8-9,13-14,19H,5-7,12H2,1-4H3,(H,32,33)/t19-/m0/s1. The predicted octanol–water partition coefficient (Wildman–Crippen LogP) is 5.81. The highest BCUT2D eigenvalue weighted by molar-refractivity contribution is 7.15. The number of likely N-dealkylation sites (tertiary alicyclic amines) is 1. The summed E-state index contributed by atoms with van der Waals surface area (Å²) in [5, 5.41) is 10.4. The van der Waals surface area contributed by atoms with Crippen LogP contribution in [0.4, 0.5) is 5.69 Å². The molecule has 1 atom stereocenters. The summed E-state index contributed by atoms with van der Waals surface area (Å²) in [5.41, 5.74) is -0.0177. The molecule has 1 aliphatic heterocycles. The van der Waals surface area contributed by atoms with E-state index >= 15 is 0 Å². The second-order valence-corrected chi connectivity index (χ2v) is 11.1. The number of hydrogen-bond donors (Lipinski definition) is 1. The van der Waals surface area contributed by atoms with Crippen LogP contribution in [0.5, 0.6) is 0 Å². The van der Waals surface area contributed by atoms with Crippen LogP contribution in [0.15, 0.2) is 24.3 Å². The van der Waals surface area contributed by atoms with Gasteiger partial charge in [0, 0.05) is 24.0 Å². The molecule has 2 amide bonds. The first-order valence-electron chi connectivity index (χ1n) is 10.8. The lowest BCUT2D eigenvalue weighted by molar-refractivity contribution is -0.130. The summed E-state index contributed by atoms with van der Waals surface area (Å²) >= 11 is 13.3. The number of carbonyl (C=O) groups excluding carboxylic acids is 2. The van der Waals surface area contributed by atoms with Crippen molar-refractivity contribution in [2.75, 3.05) is 18.5 Å². The summed E-state index contributed by atoms with van der Waals surface area (Å²) in [6, 6.07) is 5.17. The first-order valence-corrected chi connectivity index (χ1v) is 12.4. The molecular weight excluding hydrogens is 495 g/mol. The Kier molecular flexibility index (Phi) is 7.97. The van der Waals surface area contributed by atoms with Crippen LogP contribution in [0, 0.1) is 17.3 Å². The number of anilines is 1. The number of benzene rings is 1. The number of aromatic carboxylic acids is 1. The molecule has 2 heterocycles. The van der Waals surface area contributed by atoms with Crippen molar-refractivity contribution in [2.24, 2.45) is 5.41 Å². The molecule has 1 N–H and O–H groups in total. The number of likely N-dealkylation sites (N-methyl/N-ethyl adjacent to an activating group) is 1. The van der Waals surface area contributed by atoms with E-state index in [1.54, 1.807) is 18.0 Å². The maximum atomic E-state index is 13.8. The Balaban J connectivity index is 2.21. The minimum Gasteiger partial charge on any atom is -0.477 e. The van der Waals surface area contributed by atoms with Crippen molar-refractivity contribution in [3.8, 4) is 11.8 Å². The molecule has 0 spiro atoms. The van der Waals surface area contributed by atoms with Crippen LogP contribution in [0.3, 0.4) is 0 Å². The minimum atomic E-state index is -1.20. The van der Waals surface area contributed by atoms with E-state index in [-0.39, 0.29) is 32.5 Å². The lowest BCUT2D eigenvalue weighted by Gasteiger charge is -2.32. The minimum absolute atomic E-state index is 0.0589. The van der Waals surface area contributed by atoms with Gasteiger partial charge in [-0.3, -0.25) is 14.5 Å². The largest absolute Gasteiger partial charge is 0.477 e. The first-order chi connectivity index (χ1) is 15.9. The number of halogens is 2. The molecule has 0 unspecified atom stereocenters. The van der Waals surface area contributed by atoms with Crippen LogP contribution in [-0.2, 0) is 4.79 Å². The van der Waals surface area contributed by atoms with Gasteiger partial charge in [-0.15, -0.1) is 11.3 Å². The summed E-state index contributed by atoms with van der Waals surface area (Å²) in [7, 11) is 1.69. The van der Waals surface area contributed by atoms with Crippen LogP contribution in [0.2, 0.25) is 10.0 Å². The van der Waals surface area contributed by atoms with Gasteiger partial charge in [0.2, 0.25) is 5.91 Å². The van der Waals surface area contributed by atoms with E-state index in [9.17, 15) is 19.5 Å². The van der Waals surface area contributed by atoms with Gasteiger partial charge in [0.15, 0.2) is 0 Å². The average Bonchev–Trinajstić information content (AvgIpc) is 3.09. The lowest BCUT2D eigenvalue weighted by Crippen LogP contribution is -2.49. The Morgan fingerprint density at radius 2 is 1.91 bits per heavy atom. The summed E-state index contributed by atoms with van der Waals surface area (Å²) in [6.45, 7) is 6.41. The normalized spacial score (nSPS) is 16.5. The van der Waals surface area contributed by atoms with Crippen LogP contribution < -0.4 is 4.90 Å². The third-order valence-corrected chi connectivity index (χ3v) is 6.88. The Morgan fingerprint density at radius 1 is 1.21 bits per heavy atom. The SMILES string of the molecule is CN1CCCC[C@H](N(C(=O)c2ccc(Cl)cc2Cl)c2cc(C#CC(C)(C)C)sc2C(=O)O)C1=O. The van der Waals surface area contributed by atoms with Crippen LogP contribution in [0.1, 0.15) is 64.9 Å². The molecule has 0 bridgehead atoms. The van der Waals surface area contributed by atoms with Crippen molar-refractivity contribution in [3.05, 3.63) is 49.6 Å². The van der Waals surface area contributed by atoms with Gasteiger partial charge < -0.3 is 10.0 Å². The number of carbonyl (C=O) groups is 3. The number of carboxylic acids is 1. The van der Waals surface area contributed by atoms with Crippen molar-refractivity contribution < 1.29 is 19.5 Å². The number of amides is 2. The van der Waals surface area contributed by atoms with E-state index in [2.05, 4.69) is 11.8 Å². The molecule has 6 nitrogen and oxygen atoms in total. The van der Waals surface area contributed by atoms with Gasteiger partial charge in [0.05, 0.1) is 21.2 Å². The highest BCUT2D eigenvalue weighted by Gasteiger charge is 2.38. The molecule has 3 rings (SSSR count). The number of nitrogens with zero attached hydrogens (tertiary/aromatic N) is 2. The number of carboxylic acid groups (broad SMARTS) is 1. The van der Waals surface area contributed by atoms with Gasteiger partial charge in [-0.25, -0.2) is 4.79 Å². The maximum absolute atomic E-state index is 13.8. The molecule has 34 heavy (non-hydrogen) atoms. The van der Waals surface area contributed by atoms with Crippen LogP contribution in [-0.4, -0.2) is 47.4 Å². The zero-order valence-corrected chi connectivity index (χ0v) is 21.8. The predicted molar refractivity (Wildman–Crippen MR) is 136 cm³/mol. The van der Waals surface area contributed by atoms with Gasteiger partial charge in [0.25, 0.3) is 5.91 Å². The molecule has 2 aromatic rings. The van der Waals surface area contributed by atoms with Gasteiger partial charge >= 0.3 is 5.97 Å². The monoisotopic (exact) mass is 520 g/mol. The summed E-state index contributed by atoms with van der Waals surface area (Å²) < 4.78 is 0. The quantitative estimate of drug-likeness (QED) is 0.516. The molecule has 1 fully saturated rings. The Hall–Kier alpha value is -2.53. The van der Waals surface area contributed by atoms with Gasteiger partial charge in [-0.05, 0) is 64.3 Å². The third kappa shape index (κ3) is 5.93. The van der Waals surface area contributed by atoms with E-state index in [4.69, 9.17) is 23.2 Å². The van der Waals surface area contributed by atoms with Crippen LogP contribution in [0.25, 0.3) is 0 Å². The molecule has 1 aliphatic rings. The Morgan fingerprint density at radius 3 is 2.53 bits per heavy atom. The molecule has 180 valence electrons. The highest BCUT2D eigenvalue weighted by Crippen LogP contribution is 2.36. The average molecular weight is 521 g/mol. The van der Waals surface area contributed by atoms with Crippen LogP contribution >= 0.6 is 34.5 Å². The van der Waals surface area contributed by atoms with Gasteiger partial charge in [0.1, 0.15) is 10.9 Å². The fourth-order valence-electron chi connectivity index (χ4n) is 3.65. The number of hydrogen-bond acceptors (Lipinski definition) is 4. The fraction of sp³-hybridized carbons (Fsp3) is 0.400. The summed E-state index contributed by atoms with van der Waals surface area (Å²) in [5.74, 6) is 4.10. The molecule has 1 aromatic heterocycles. The van der Waals surface area contributed by atoms with Gasteiger partial charge in [-0.2, -0.15) is 0 Å². The number of thiophene rings is 1. The van der Waals surface area contributed by atoms with Crippen molar-refractivity contribution in [1.29, 1.82) is 0 Å². The van der Waals surface area contributed by atoms with E-state index in [1.165, 1.54) is 23.1 Å². The smallest absolute Gasteiger partial charge is 0.348 e. The first kappa shape index (κ1) is 26.1. The second kappa shape index (κ2) is 10.4. The zero-order chi connectivity index (χ0) is 25.2. The molecule has 0 saturated carbocycles. The summed E-state index contributed by atoms with van der Waals surface area (Å²) in [6.07, 6.45) is 1.90. The maximum Gasteiger partial charge on any atom is 0.348 e. The van der Waals surface area contributed by atoms with Gasteiger partial charge in [-0.1, -0.05) is 35.0 Å². The highest BCUT2D eigenvalue weighted by atomic mass is 35.5. The van der Waals surface area contributed by atoms with E-state index in [0.717, 1.165) is 17.8 Å². The lowest BCUT2D eigenvalue weighted by atomic mass is 9.98. The number of rotatable bonds is 4. The van der Waals surface area contributed by atoms with Crippen molar-refractivity contribution in [2.45, 2.75) is 46.1 Å². The van der Waals surface area contributed by atoms with Crippen molar-refractivity contribution in [1.82, 2.24) is 4.90 Å². The topological polar surface area (TPSA) is 77.9 Å². The molecule has 0 radical (unpaired) electrons. The van der Waals surface area contributed by atoms with Crippen molar-refractivity contribution >= 4 is 58.0 Å². The third-order valence-electron chi connectivity index (χ3n) is 5.30. The van der Waals surface area contributed by atoms with Crippen molar-refractivity contribution in [3.63, 3.8) is 0 Å². The molecule has 1 aromatic carbocycles. The summed E-state index contributed by atoms with van der Waals surface area (Å²) in [4.78, 5) is 42.6. The van der Waals surface area contributed by atoms with E-state index in [0.29, 0.717) is 29.3 Å². The Bertz CT molecular complexity index is 1190. The fourth-order valence-corrected chi connectivity index (χ4v) is 4.98. The van der Waals surface area contributed by atoms with E-state index < -0.39 is 17.9 Å². The molecule has 0 aliphatic carbocycles. The molecular formula is C25H26Cl2N2O4S. The molecule has 1 saturated heterocycles. The van der Waals surface area contributed by atoms with E-state index in [1.807, 2.05) is 20.8 Å². The Labute approximate surface area is 213 Å². The second-order valence-electron chi connectivity index (χ2n) is 9.20. The molecule has 9 heteroatoms. The zero-order valence-electron chi connectivity index (χ0n) is 19.4.